The van der Waals surface area contributed by atoms with Crippen LogP contribution >= 0.6 is 11.6 Å². The molecule has 1 saturated carbocycles. The van der Waals surface area contributed by atoms with Crippen LogP contribution in [0.2, 0.25) is 5.02 Å². The van der Waals surface area contributed by atoms with Gasteiger partial charge in [-0.05, 0) is 83.4 Å². The molecule has 1 aliphatic heterocycles. The van der Waals surface area contributed by atoms with Crippen LogP contribution < -0.4 is 16.0 Å². The third-order valence-electron chi connectivity index (χ3n) is 7.27. The first kappa shape index (κ1) is 27.1. The zero-order valence-corrected chi connectivity index (χ0v) is 22.9. The number of nitrogens with zero attached hydrogens (tertiary/aromatic N) is 2. The van der Waals surface area contributed by atoms with Crippen molar-refractivity contribution in [2.45, 2.75) is 83.0 Å². The minimum Gasteiger partial charge on any atom is -0.383 e. The van der Waals surface area contributed by atoms with Gasteiger partial charge in [-0.15, -0.1) is 0 Å². The van der Waals surface area contributed by atoms with E-state index in [0.29, 0.717) is 29.1 Å². The van der Waals surface area contributed by atoms with E-state index in [-0.39, 0.29) is 5.60 Å². The molecule has 2 aromatic heterocycles. The minimum atomic E-state index is -0.0496. The highest BCUT2D eigenvalue weighted by atomic mass is 35.5. The summed E-state index contributed by atoms with van der Waals surface area (Å²) in [7, 11) is 1.75. The van der Waals surface area contributed by atoms with Crippen LogP contribution in [0.3, 0.4) is 0 Å². The van der Waals surface area contributed by atoms with Crippen molar-refractivity contribution in [3.63, 3.8) is 0 Å². The summed E-state index contributed by atoms with van der Waals surface area (Å²) < 4.78 is 11.1. The maximum absolute atomic E-state index is 6.57. The third-order valence-corrected chi connectivity index (χ3v) is 7.57. The Morgan fingerprint density at radius 1 is 1.14 bits per heavy atom. The average Bonchev–Trinajstić information content (AvgIpc) is 2.85. The maximum atomic E-state index is 6.57. The molecule has 1 saturated heterocycles. The molecule has 0 amide bonds. The van der Waals surface area contributed by atoms with Crippen LogP contribution in [-0.2, 0) is 9.47 Å². The smallest absolute Gasteiger partial charge is 0.126 e. The number of aromatic nitrogens is 2. The lowest BCUT2D eigenvalue weighted by Gasteiger charge is -2.35. The summed E-state index contributed by atoms with van der Waals surface area (Å²) in [6, 6.07) is 9.42. The standard InChI is InChI=1S/C28H42ClN5O2/c1-19(18-35-4)32-21-8-10-22(11-9-21)33-27-14-23(24(29)17-31-27)25-6-5-7-26(34-25)30-16-20-12-13-36-28(2,3)15-20/h5-7,14,17,19-22,32H,8-13,15-16,18H2,1-4H3,(H,30,34)(H,31,33)/t19-,20+,21-,22-/m0/s1. The van der Waals surface area contributed by atoms with Crippen molar-refractivity contribution in [1.29, 1.82) is 0 Å². The van der Waals surface area contributed by atoms with E-state index in [1.807, 2.05) is 24.3 Å². The maximum Gasteiger partial charge on any atom is 0.126 e. The lowest BCUT2D eigenvalue weighted by molar-refractivity contribution is -0.0699. The van der Waals surface area contributed by atoms with Crippen LogP contribution in [0.25, 0.3) is 11.3 Å². The second-order valence-corrected chi connectivity index (χ2v) is 11.4. The van der Waals surface area contributed by atoms with Crippen molar-refractivity contribution in [1.82, 2.24) is 15.3 Å². The SMILES string of the molecule is COC[C@H](C)N[C@H]1CC[C@H](Nc2cc(-c3cccc(NC[C@@H]4CCOC(C)(C)C4)n3)c(Cl)cn2)CC1. The van der Waals surface area contributed by atoms with Crippen molar-refractivity contribution in [2.24, 2.45) is 5.92 Å². The molecule has 7 nitrogen and oxygen atoms in total. The molecule has 0 unspecified atom stereocenters. The Hall–Kier alpha value is -1.93. The van der Waals surface area contributed by atoms with Gasteiger partial charge in [0.05, 0.1) is 22.9 Å². The summed E-state index contributed by atoms with van der Waals surface area (Å²) in [5, 5.41) is 11.4. The Balaban J connectivity index is 1.34. The Morgan fingerprint density at radius 2 is 1.92 bits per heavy atom. The Morgan fingerprint density at radius 3 is 2.67 bits per heavy atom. The largest absolute Gasteiger partial charge is 0.383 e. The molecular formula is C28H42ClN5O2. The van der Waals surface area contributed by atoms with E-state index < -0.39 is 0 Å². The van der Waals surface area contributed by atoms with E-state index in [1.54, 1.807) is 13.3 Å². The van der Waals surface area contributed by atoms with E-state index in [0.717, 1.165) is 81.2 Å². The molecule has 2 aromatic rings. The number of anilines is 2. The van der Waals surface area contributed by atoms with Gasteiger partial charge in [-0.2, -0.15) is 0 Å². The first-order valence-corrected chi connectivity index (χ1v) is 13.7. The van der Waals surface area contributed by atoms with Gasteiger partial charge in [0.25, 0.3) is 0 Å². The first-order valence-electron chi connectivity index (χ1n) is 13.3. The van der Waals surface area contributed by atoms with Gasteiger partial charge >= 0.3 is 0 Å². The number of rotatable bonds is 10. The van der Waals surface area contributed by atoms with Crippen molar-refractivity contribution in [2.75, 3.05) is 37.5 Å². The molecule has 0 bridgehead atoms. The summed E-state index contributed by atoms with van der Waals surface area (Å²) in [4.78, 5) is 9.42. The number of hydrogen-bond acceptors (Lipinski definition) is 7. The number of methoxy groups -OCH3 is 1. The van der Waals surface area contributed by atoms with Gasteiger partial charge in [-0.3, -0.25) is 0 Å². The monoisotopic (exact) mass is 515 g/mol. The van der Waals surface area contributed by atoms with Gasteiger partial charge in [0.2, 0.25) is 0 Å². The van der Waals surface area contributed by atoms with Crippen molar-refractivity contribution < 1.29 is 9.47 Å². The Bertz CT molecular complexity index is 980. The predicted octanol–water partition coefficient (Wildman–Crippen LogP) is 5.76. The molecule has 0 spiro atoms. The molecule has 2 atom stereocenters. The molecule has 2 aliphatic rings. The van der Waals surface area contributed by atoms with E-state index in [2.05, 4.69) is 41.7 Å². The molecule has 0 radical (unpaired) electrons. The van der Waals surface area contributed by atoms with Crippen LogP contribution in [0.5, 0.6) is 0 Å². The highest BCUT2D eigenvalue weighted by molar-refractivity contribution is 6.33. The summed E-state index contributed by atoms with van der Waals surface area (Å²) in [6.45, 7) is 8.97. The quantitative estimate of drug-likeness (QED) is 0.371. The molecule has 3 N–H and O–H groups in total. The summed E-state index contributed by atoms with van der Waals surface area (Å²) in [5.41, 5.74) is 1.70. The Kier molecular flexibility index (Phi) is 9.45. The summed E-state index contributed by atoms with van der Waals surface area (Å²) in [6.07, 6.45) is 8.36. The topological polar surface area (TPSA) is 80.3 Å². The Labute approximate surface area is 221 Å². The first-order chi connectivity index (χ1) is 17.3. The van der Waals surface area contributed by atoms with Gasteiger partial charge in [-0.25, -0.2) is 9.97 Å². The van der Waals surface area contributed by atoms with Crippen LogP contribution in [-0.4, -0.2) is 60.6 Å². The average molecular weight is 516 g/mol. The minimum absolute atomic E-state index is 0.0496. The lowest BCUT2D eigenvalue weighted by Crippen LogP contribution is -2.42. The van der Waals surface area contributed by atoms with Gasteiger partial charge in [0.15, 0.2) is 0 Å². The van der Waals surface area contributed by atoms with E-state index in [4.69, 9.17) is 26.1 Å². The van der Waals surface area contributed by atoms with E-state index in [9.17, 15) is 0 Å². The van der Waals surface area contributed by atoms with Crippen LogP contribution in [0.1, 0.15) is 59.3 Å². The molecule has 36 heavy (non-hydrogen) atoms. The number of ether oxygens (including phenoxy) is 2. The molecule has 4 rings (SSSR count). The zero-order valence-electron chi connectivity index (χ0n) is 22.1. The number of pyridine rings is 2. The lowest BCUT2D eigenvalue weighted by atomic mass is 9.88. The third kappa shape index (κ3) is 7.78. The number of hydrogen-bond donors (Lipinski definition) is 3. The summed E-state index contributed by atoms with van der Waals surface area (Å²) >= 11 is 6.57. The van der Waals surface area contributed by atoms with Crippen molar-refractivity contribution in [3.05, 3.63) is 35.5 Å². The second-order valence-electron chi connectivity index (χ2n) is 11.0. The molecular weight excluding hydrogens is 474 g/mol. The molecule has 0 aromatic carbocycles. The van der Waals surface area contributed by atoms with Crippen LogP contribution in [0, 0.1) is 5.92 Å². The van der Waals surface area contributed by atoms with Crippen molar-refractivity contribution in [3.8, 4) is 11.3 Å². The fourth-order valence-electron chi connectivity index (χ4n) is 5.49. The van der Waals surface area contributed by atoms with Crippen LogP contribution in [0.4, 0.5) is 11.6 Å². The molecule has 198 valence electrons. The highest BCUT2D eigenvalue weighted by Crippen LogP contribution is 2.31. The number of halogens is 1. The molecule has 1 aliphatic carbocycles. The van der Waals surface area contributed by atoms with E-state index in [1.165, 1.54) is 0 Å². The fraction of sp³-hybridized carbons (Fsp3) is 0.643. The highest BCUT2D eigenvalue weighted by Gasteiger charge is 2.28. The van der Waals surface area contributed by atoms with Gasteiger partial charge < -0.3 is 25.4 Å². The summed E-state index contributed by atoms with van der Waals surface area (Å²) in [5.74, 6) is 2.30. The van der Waals surface area contributed by atoms with Gasteiger partial charge in [0, 0.05) is 50.1 Å². The number of nitrogens with one attached hydrogen (secondary N) is 3. The predicted molar refractivity (Wildman–Crippen MR) is 148 cm³/mol. The second kappa shape index (κ2) is 12.5. The molecule has 8 heteroatoms. The van der Waals surface area contributed by atoms with Crippen LogP contribution in [0.15, 0.2) is 30.5 Å². The van der Waals surface area contributed by atoms with Gasteiger partial charge in [0.1, 0.15) is 11.6 Å². The van der Waals surface area contributed by atoms with Gasteiger partial charge in [-0.1, -0.05) is 17.7 Å². The molecule has 2 fully saturated rings. The van der Waals surface area contributed by atoms with Crippen molar-refractivity contribution >= 4 is 23.2 Å². The fourth-order valence-corrected chi connectivity index (χ4v) is 5.69. The van der Waals surface area contributed by atoms with E-state index >= 15 is 0 Å². The zero-order chi connectivity index (χ0) is 25.5. The normalized spacial score (nSPS) is 24.8. The molecule has 3 heterocycles.